The number of likely N-dealkylation sites (tertiary alicyclic amines) is 1. The lowest BCUT2D eigenvalue weighted by atomic mass is 9.51. The minimum Gasteiger partial charge on any atom is -0.410 e. The molecule has 7 nitrogen and oxygen atoms in total. The standard InChI is InChI=1S/C27H36FN3O4/c1-2-19-21(35-25(29)34)5-4-20(22(19)28)30-8-3-6-26(15-30)7-9-31(24(26)33)27-12-16-10-17(13-27)23(32)18(11-16)14-27/h4-5,16-18,23,32H,2-3,6-15H2,1H3,(H2,29,34). The fraction of sp³-hybridized carbons (Fsp3) is 0.704. The third-order valence-electron chi connectivity index (χ3n) is 9.94. The Hall–Kier alpha value is -2.35. The summed E-state index contributed by atoms with van der Waals surface area (Å²) in [6, 6.07) is 3.25. The number of carbonyl (C=O) groups excluding carboxylic acids is 2. The minimum atomic E-state index is -0.961. The molecule has 1 spiro atoms. The number of hydrogen-bond donors (Lipinski definition) is 2. The van der Waals surface area contributed by atoms with Crippen molar-refractivity contribution in [2.24, 2.45) is 28.9 Å². The minimum absolute atomic E-state index is 0.0903. The topological polar surface area (TPSA) is 96.1 Å². The van der Waals surface area contributed by atoms with E-state index in [1.165, 1.54) is 0 Å². The molecular formula is C27H36FN3O4. The zero-order valence-corrected chi connectivity index (χ0v) is 20.5. The SMILES string of the molecule is CCc1c(OC(N)=O)ccc(N2CCCC3(CCN(C45CC6CC(C4)C(O)C(C6)C5)C3=O)C2)c1F. The molecule has 3 unspecified atom stereocenters. The van der Waals surface area contributed by atoms with Crippen LogP contribution in [0.25, 0.3) is 0 Å². The van der Waals surface area contributed by atoms with Crippen molar-refractivity contribution in [3.8, 4) is 5.75 Å². The number of carbonyl (C=O) groups is 2. The number of amides is 2. The highest BCUT2D eigenvalue weighted by Crippen LogP contribution is 2.59. The van der Waals surface area contributed by atoms with Crippen LogP contribution in [0.1, 0.15) is 63.9 Å². The van der Waals surface area contributed by atoms with Crippen LogP contribution in [0.2, 0.25) is 0 Å². The van der Waals surface area contributed by atoms with E-state index in [9.17, 15) is 14.7 Å². The van der Waals surface area contributed by atoms with Crippen LogP contribution in [0.3, 0.4) is 0 Å². The van der Waals surface area contributed by atoms with Crippen LogP contribution in [0.4, 0.5) is 14.9 Å². The number of aliphatic hydroxyl groups excluding tert-OH is 1. The monoisotopic (exact) mass is 485 g/mol. The molecule has 4 saturated carbocycles. The van der Waals surface area contributed by atoms with Crippen molar-refractivity contribution in [2.45, 2.75) is 76.4 Å². The van der Waals surface area contributed by atoms with Gasteiger partial charge in [0.05, 0.1) is 17.2 Å². The van der Waals surface area contributed by atoms with Crippen molar-refractivity contribution in [1.29, 1.82) is 0 Å². The lowest BCUT2D eigenvalue weighted by molar-refractivity contribution is -0.167. The third kappa shape index (κ3) is 3.46. The number of primary amides is 1. The van der Waals surface area contributed by atoms with E-state index in [0.717, 1.165) is 57.9 Å². The highest BCUT2D eigenvalue weighted by atomic mass is 19.1. The van der Waals surface area contributed by atoms with Gasteiger partial charge >= 0.3 is 6.09 Å². The van der Waals surface area contributed by atoms with E-state index in [2.05, 4.69) is 4.90 Å². The number of hydrogen-bond acceptors (Lipinski definition) is 5. The van der Waals surface area contributed by atoms with Crippen molar-refractivity contribution >= 4 is 17.7 Å². The van der Waals surface area contributed by atoms with Gasteiger partial charge in [-0.3, -0.25) is 4.79 Å². The number of rotatable bonds is 4. The summed E-state index contributed by atoms with van der Waals surface area (Å²) >= 11 is 0. The molecule has 6 aliphatic rings. The molecule has 2 saturated heterocycles. The maximum atomic E-state index is 15.6. The number of benzene rings is 1. The lowest BCUT2D eigenvalue weighted by Gasteiger charge is -2.61. The summed E-state index contributed by atoms with van der Waals surface area (Å²) in [6.07, 6.45) is 6.83. The Labute approximate surface area is 205 Å². The van der Waals surface area contributed by atoms with Gasteiger partial charge in [-0.15, -0.1) is 0 Å². The van der Waals surface area contributed by atoms with Gasteiger partial charge in [0.2, 0.25) is 5.91 Å². The number of halogens is 1. The smallest absolute Gasteiger partial charge is 0.409 e. The quantitative estimate of drug-likeness (QED) is 0.679. The molecule has 4 aliphatic carbocycles. The molecule has 0 radical (unpaired) electrons. The Bertz CT molecular complexity index is 1050. The summed E-state index contributed by atoms with van der Waals surface area (Å²) in [4.78, 5) is 29.6. The van der Waals surface area contributed by atoms with E-state index in [4.69, 9.17) is 10.5 Å². The molecule has 6 fully saturated rings. The van der Waals surface area contributed by atoms with Crippen molar-refractivity contribution in [2.75, 3.05) is 24.5 Å². The zero-order valence-electron chi connectivity index (χ0n) is 20.5. The Morgan fingerprint density at radius 1 is 1.20 bits per heavy atom. The van der Waals surface area contributed by atoms with Crippen molar-refractivity contribution in [3.05, 3.63) is 23.5 Å². The summed E-state index contributed by atoms with van der Waals surface area (Å²) in [6.45, 7) is 3.78. The molecular weight excluding hydrogens is 449 g/mol. The lowest BCUT2D eigenvalue weighted by Crippen LogP contribution is -2.65. The molecule has 190 valence electrons. The average molecular weight is 486 g/mol. The summed E-state index contributed by atoms with van der Waals surface area (Å²) in [5.41, 5.74) is 5.36. The molecule has 1 aromatic rings. The fourth-order valence-corrected chi connectivity index (χ4v) is 8.64. The number of piperidine rings is 1. The van der Waals surface area contributed by atoms with Gasteiger partial charge < -0.3 is 25.4 Å². The van der Waals surface area contributed by atoms with Crippen LogP contribution in [-0.2, 0) is 11.2 Å². The van der Waals surface area contributed by atoms with Crippen molar-refractivity contribution < 1.29 is 23.8 Å². The summed E-state index contributed by atoms with van der Waals surface area (Å²) < 4.78 is 20.6. The number of aliphatic hydroxyl groups is 1. The molecule has 1 aromatic carbocycles. The van der Waals surface area contributed by atoms with Gasteiger partial charge in [0.1, 0.15) is 5.75 Å². The number of anilines is 1. The van der Waals surface area contributed by atoms with Gasteiger partial charge in [-0.2, -0.15) is 0 Å². The Morgan fingerprint density at radius 2 is 1.94 bits per heavy atom. The molecule has 2 amide bonds. The first-order valence-corrected chi connectivity index (χ1v) is 13.3. The molecule has 3 N–H and O–H groups in total. The number of ether oxygens (including phenoxy) is 1. The Morgan fingerprint density at radius 3 is 2.63 bits per heavy atom. The number of nitrogens with zero attached hydrogens (tertiary/aromatic N) is 2. The second-order valence-corrected chi connectivity index (χ2v) is 11.8. The normalized spacial score (nSPS) is 38.0. The predicted octanol–water partition coefficient (Wildman–Crippen LogP) is 3.60. The number of nitrogens with two attached hydrogens (primary N) is 1. The van der Waals surface area contributed by atoms with Gasteiger partial charge in [-0.25, -0.2) is 9.18 Å². The van der Waals surface area contributed by atoms with Crippen LogP contribution in [-0.4, -0.2) is 53.3 Å². The largest absolute Gasteiger partial charge is 0.410 e. The van der Waals surface area contributed by atoms with Crippen LogP contribution in [0, 0.1) is 29.0 Å². The molecule has 35 heavy (non-hydrogen) atoms. The highest BCUT2D eigenvalue weighted by Gasteiger charge is 2.62. The maximum absolute atomic E-state index is 15.6. The van der Waals surface area contributed by atoms with E-state index in [-0.39, 0.29) is 23.3 Å². The van der Waals surface area contributed by atoms with Gasteiger partial charge in [0, 0.05) is 30.7 Å². The van der Waals surface area contributed by atoms with E-state index in [0.29, 0.717) is 48.5 Å². The van der Waals surface area contributed by atoms with Gasteiger partial charge in [-0.05, 0) is 87.7 Å². The second kappa shape index (κ2) is 8.08. The summed E-state index contributed by atoms with van der Waals surface area (Å²) in [7, 11) is 0. The first-order valence-electron chi connectivity index (χ1n) is 13.3. The molecule has 2 aliphatic heterocycles. The van der Waals surface area contributed by atoms with Crippen LogP contribution < -0.4 is 15.4 Å². The van der Waals surface area contributed by atoms with Crippen molar-refractivity contribution in [1.82, 2.24) is 4.90 Å². The molecule has 4 bridgehead atoms. The fourth-order valence-electron chi connectivity index (χ4n) is 8.64. The van der Waals surface area contributed by atoms with Crippen LogP contribution >= 0.6 is 0 Å². The van der Waals surface area contributed by atoms with E-state index in [1.54, 1.807) is 12.1 Å². The third-order valence-corrected chi connectivity index (χ3v) is 9.94. The first kappa shape index (κ1) is 23.1. The first-order chi connectivity index (χ1) is 16.7. The van der Waals surface area contributed by atoms with Gasteiger partial charge in [0.25, 0.3) is 0 Å². The van der Waals surface area contributed by atoms with Crippen molar-refractivity contribution in [3.63, 3.8) is 0 Å². The second-order valence-electron chi connectivity index (χ2n) is 11.8. The predicted molar refractivity (Wildman–Crippen MR) is 128 cm³/mol. The van der Waals surface area contributed by atoms with E-state index >= 15 is 4.39 Å². The van der Waals surface area contributed by atoms with E-state index in [1.807, 2.05) is 11.8 Å². The molecule has 8 heteroatoms. The van der Waals surface area contributed by atoms with E-state index < -0.39 is 17.3 Å². The molecule has 7 rings (SSSR count). The molecule has 3 atom stereocenters. The van der Waals surface area contributed by atoms with Crippen LogP contribution in [0.5, 0.6) is 5.75 Å². The summed E-state index contributed by atoms with van der Waals surface area (Å²) in [5.74, 6) is 1.28. The van der Waals surface area contributed by atoms with Gasteiger partial charge in [0.15, 0.2) is 5.82 Å². The van der Waals surface area contributed by atoms with Crippen LogP contribution in [0.15, 0.2) is 12.1 Å². The Kier molecular flexibility index (Phi) is 5.33. The average Bonchev–Trinajstić information content (AvgIpc) is 3.12. The molecule has 0 aromatic heterocycles. The van der Waals surface area contributed by atoms with Gasteiger partial charge in [-0.1, -0.05) is 6.92 Å². The Balaban J connectivity index is 1.25. The maximum Gasteiger partial charge on any atom is 0.409 e. The zero-order chi connectivity index (χ0) is 24.5. The molecule has 2 heterocycles. The summed E-state index contributed by atoms with van der Waals surface area (Å²) in [5, 5.41) is 10.7. The highest BCUT2D eigenvalue weighted by molar-refractivity contribution is 5.87.